The number of ether oxygens (including phenoxy) is 1. The molecule has 2 aromatic heterocycles. The van der Waals surface area contributed by atoms with Gasteiger partial charge in [-0.15, -0.1) is 11.3 Å². The van der Waals surface area contributed by atoms with Crippen molar-refractivity contribution < 1.29 is 9.53 Å². The molecular weight excluding hydrogens is 326 g/mol. The second-order valence-corrected chi connectivity index (χ2v) is 5.48. The molecule has 7 nitrogen and oxygen atoms in total. The van der Waals surface area contributed by atoms with Gasteiger partial charge in [-0.1, -0.05) is 12.1 Å². The SMILES string of the molecule is CCOc1ccccc1NC(=O)c1csc(Nc2ncccn2)n1. The van der Waals surface area contributed by atoms with Gasteiger partial charge in [0.1, 0.15) is 11.4 Å². The molecule has 3 aromatic rings. The number of nitrogens with zero attached hydrogens (tertiary/aromatic N) is 3. The van der Waals surface area contributed by atoms with Crippen LogP contribution in [-0.2, 0) is 0 Å². The third kappa shape index (κ3) is 3.85. The number of thiazole rings is 1. The minimum absolute atomic E-state index is 0.305. The molecule has 0 aliphatic heterocycles. The van der Waals surface area contributed by atoms with E-state index in [1.807, 2.05) is 19.1 Å². The molecule has 3 rings (SSSR count). The molecule has 0 aliphatic carbocycles. The lowest BCUT2D eigenvalue weighted by atomic mass is 10.3. The van der Waals surface area contributed by atoms with Crippen molar-refractivity contribution in [2.24, 2.45) is 0 Å². The third-order valence-electron chi connectivity index (χ3n) is 2.96. The lowest BCUT2D eigenvalue weighted by Gasteiger charge is -2.10. The summed E-state index contributed by atoms with van der Waals surface area (Å²) in [6, 6.07) is 9.00. The maximum absolute atomic E-state index is 12.4. The predicted octanol–water partition coefficient (Wildman–Crippen LogP) is 3.33. The first-order chi connectivity index (χ1) is 11.8. The highest BCUT2D eigenvalue weighted by atomic mass is 32.1. The number of hydrogen-bond donors (Lipinski definition) is 2. The Kier molecular flexibility index (Phi) is 4.97. The zero-order valence-electron chi connectivity index (χ0n) is 12.9. The number of para-hydroxylation sites is 2. The van der Waals surface area contributed by atoms with Crippen LogP contribution in [-0.4, -0.2) is 27.5 Å². The average Bonchev–Trinajstić information content (AvgIpc) is 3.06. The van der Waals surface area contributed by atoms with Crippen LogP contribution in [0.3, 0.4) is 0 Å². The van der Waals surface area contributed by atoms with Crippen LogP contribution < -0.4 is 15.4 Å². The van der Waals surface area contributed by atoms with Gasteiger partial charge in [0.05, 0.1) is 12.3 Å². The summed E-state index contributed by atoms with van der Waals surface area (Å²) in [6.07, 6.45) is 3.25. The Morgan fingerprint density at radius 3 is 2.79 bits per heavy atom. The number of benzene rings is 1. The molecule has 0 atom stereocenters. The first kappa shape index (κ1) is 15.9. The van der Waals surface area contributed by atoms with Crippen LogP contribution in [0.4, 0.5) is 16.8 Å². The van der Waals surface area contributed by atoms with Crippen LogP contribution >= 0.6 is 11.3 Å². The summed E-state index contributed by atoms with van der Waals surface area (Å²) in [7, 11) is 0. The summed E-state index contributed by atoms with van der Waals surface area (Å²) in [6.45, 7) is 2.41. The molecular formula is C16H15N5O2S. The number of aromatic nitrogens is 3. The first-order valence-electron chi connectivity index (χ1n) is 7.29. The van der Waals surface area contributed by atoms with Crippen molar-refractivity contribution in [1.82, 2.24) is 15.0 Å². The summed E-state index contributed by atoms with van der Waals surface area (Å²) < 4.78 is 5.50. The fraction of sp³-hybridized carbons (Fsp3) is 0.125. The lowest BCUT2D eigenvalue weighted by Crippen LogP contribution is -2.13. The molecule has 0 unspecified atom stereocenters. The Hall–Kier alpha value is -3.00. The average molecular weight is 341 g/mol. The van der Waals surface area contributed by atoms with Gasteiger partial charge >= 0.3 is 0 Å². The van der Waals surface area contributed by atoms with Crippen molar-refractivity contribution in [1.29, 1.82) is 0 Å². The zero-order valence-corrected chi connectivity index (χ0v) is 13.7. The number of nitrogens with one attached hydrogen (secondary N) is 2. The van der Waals surface area contributed by atoms with E-state index in [-0.39, 0.29) is 5.91 Å². The Morgan fingerprint density at radius 2 is 2.00 bits per heavy atom. The van der Waals surface area contributed by atoms with Gasteiger partial charge in [0.15, 0.2) is 5.13 Å². The van der Waals surface area contributed by atoms with Crippen LogP contribution in [0.15, 0.2) is 48.1 Å². The largest absolute Gasteiger partial charge is 0.492 e. The number of carbonyl (C=O) groups excluding carboxylic acids is 1. The van der Waals surface area contributed by atoms with Crippen LogP contribution in [0.2, 0.25) is 0 Å². The highest BCUT2D eigenvalue weighted by Crippen LogP contribution is 2.25. The molecule has 0 saturated heterocycles. The molecule has 0 spiro atoms. The van der Waals surface area contributed by atoms with E-state index < -0.39 is 0 Å². The van der Waals surface area contributed by atoms with Gasteiger partial charge < -0.3 is 15.4 Å². The number of rotatable bonds is 6. The van der Waals surface area contributed by atoms with E-state index in [2.05, 4.69) is 25.6 Å². The Bertz CT molecular complexity index is 822. The van der Waals surface area contributed by atoms with Gasteiger partial charge in [-0.25, -0.2) is 15.0 Å². The third-order valence-corrected chi connectivity index (χ3v) is 3.71. The summed E-state index contributed by atoms with van der Waals surface area (Å²) in [5, 5.41) is 7.98. The fourth-order valence-corrected chi connectivity index (χ4v) is 2.62. The van der Waals surface area contributed by atoms with Gasteiger partial charge in [0.2, 0.25) is 5.95 Å². The smallest absolute Gasteiger partial charge is 0.275 e. The second-order valence-electron chi connectivity index (χ2n) is 4.62. The highest BCUT2D eigenvalue weighted by molar-refractivity contribution is 7.14. The number of carbonyl (C=O) groups is 1. The van der Waals surface area contributed by atoms with E-state index in [0.717, 1.165) is 0 Å². The summed E-state index contributed by atoms with van der Waals surface area (Å²) in [4.78, 5) is 24.7. The van der Waals surface area contributed by atoms with Gasteiger partial charge in [0.25, 0.3) is 5.91 Å². The van der Waals surface area contributed by atoms with Crippen molar-refractivity contribution in [3.8, 4) is 5.75 Å². The maximum Gasteiger partial charge on any atom is 0.275 e. The van der Waals surface area contributed by atoms with Gasteiger partial charge in [-0.2, -0.15) is 0 Å². The molecule has 2 heterocycles. The van der Waals surface area contributed by atoms with E-state index in [0.29, 0.717) is 34.8 Å². The van der Waals surface area contributed by atoms with Gasteiger partial charge in [0, 0.05) is 17.8 Å². The number of hydrogen-bond acceptors (Lipinski definition) is 7. The molecule has 1 amide bonds. The lowest BCUT2D eigenvalue weighted by molar-refractivity contribution is 0.102. The standard InChI is InChI=1S/C16H15N5O2S/c1-2-23-13-7-4-3-6-11(13)19-14(22)12-10-24-16(20-12)21-15-17-8-5-9-18-15/h3-10H,2H2,1H3,(H,19,22)(H,17,18,20,21). The summed E-state index contributed by atoms with van der Waals surface area (Å²) in [5.41, 5.74) is 0.919. The molecule has 0 aliphatic rings. The first-order valence-corrected chi connectivity index (χ1v) is 8.17. The topological polar surface area (TPSA) is 89.0 Å². The van der Waals surface area contributed by atoms with E-state index in [1.54, 1.807) is 36.0 Å². The van der Waals surface area contributed by atoms with Gasteiger partial charge in [-0.3, -0.25) is 4.79 Å². The van der Waals surface area contributed by atoms with Crippen molar-refractivity contribution in [3.05, 3.63) is 53.8 Å². The van der Waals surface area contributed by atoms with Crippen molar-refractivity contribution >= 4 is 34.0 Å². The van der Waals surface area contributed by atoms with Crippen LogP contribution in [0.1, 0.15) is 17.4 Å². The predicted molar refractivity (Wildman–Crippen MR) is 93.0 cm³/mol. The van der Waals surface area contributed by atoms with E-state index >= 15 is 0 Å². The van der Waals surface area contributed by atoms with Crippen LogP contribution in [0, 0.1) is 0 Å². The van der Waals surface area contributed by atoms with Crippen molar-refractivity contribution in [2.45, 2.75) is 6.92 Å². The molecule has 1 aromatic carbocycles. The molecule has 122 valence electrons. The normalized spacial score (nSPS) is 10.2. The summed E-state index contributed by atoms with van der Waals surface area (Å²) >= 11 is 1.30. The molecule has 8 heteroatoms. The van der Waals surface area contributed by atoms with Crippen molar-refractivity contribution in [3.63, 3.8) is 0 Å². The Morgan fingerprint density at radius 1 is 1.21 bits per heavy atom. The van der Waals surface area contributed by atoms with Crippen LogP contribution in [0.5, 0.6) is 5.75 Å². The minimum Gasteiger partial charge on any atom is -0.492 e. The monoisotopic (exact) mass is 341 g/mol. The van der Waals surface area contributed by atoms with E-state index in [9.17, 15) is 4.79 Å². The maximum atomic E-state index is 12.4. The molecule has 24 heavy (non-hydrogen) atoms. The molecule has 0 fully saturated rings. The van der Waals surface area contributed by atoms with Gasteiger partial charge in [-0.05, 0) is 25.1 Å². The quantitative estimate of drug-likeness (QED) is 0.715. The molecule has 0 bridgehead atoms. The molecule has 0 radical (unpaired) electrons. The highest BCUT2D eigenvalue weighted by Gasteiger charge is 2.13. The van der Waals surface area contributed by atoms with E-state index in [1.165, 1.54) is 11.3 Å². The second kappa shape index (κ2) is 7.51. The molecule has 2 N–H and O–H groups in total. The summed E-state index contributed by atoms with van der Waals surface area (Å²) in [5.74, 6) is 0.751. The minimum atomic E-state index is -0.305. The fourth-order valence-electron chi connectivity index (χ4n) is 1.93. The van der Waals surface area contributed by atoms with Crippen LogP contribution in [0.25, 0.3) is 0 Å². The number of anilines is 3. The number of amides is 1. The zero-order chi connectivity index (χ0) is 16.8. The Labute approximate surface area is 142 Å². The van der Waals surface area contributed by atoms with E-state index in [4.69, 9.17) is 4.74 Å². The Balaban J connectivity index is 1.70. The molecule has 0 saturated carbocycles. The van der Waals surface area contributed by atoms with Crippen molar-refractivity contribution in [2.75, 3.05) is 17.2 Å².